The van der Waals surface area contributed by atoms with Gasteiger partial charge in [-0.3, -0.25) is 0 Å². The van der Waals surface area contributed by atoms with E-state index in [9.17, 15) is 0 Å². The Hall–Kier alpha value is -5.66. The van der Waals surface area contributed by atoms with Crippen LogP contribution in [0.25, 0.3) is 33.0 Å². The lowest BCUT2D eigenvalue weighted by Crippen LogP contribution is -2.23. The van der Waals surface area contributed by atoms with Gasteiger partial charge in [0.1, 0.15) is 0 Å². The zero-order chi connectivity index (χ0) is 34.5. The smallest absolute Gasteiger partial charge is 0.0468 e. The molecule has 1 heteroatoms. The number of benzene rings is 6. The molecule has 6 aromatic carbocycles. The number of allylic oxidation sites excluding steroid dienone is 8. The SMILES string of the molecule is C/C=C\C=C(/C)c1cccc(N(c2ccc(-c3ccc(C(C)C4(C)C=CC=C(c5ccccc5)C4)cc3)cc2)c2ccc3ccccc3c2)c1. The van der Waals surface area contributed by atoms with Crippen molar-refractivity contribution in [1.82, 2.24) is 0 Å². The van der Waals surface area contributed by atoms with Gasteiger partial charge in [0.2, 0.25) is 0 Å². The van der Waals surface area contributed by atoms with E-state index in [1.807, 2.05) is 0 Å². The summed E-state index contributed by atoms with van der Waals surface area (Å²) in [4.78, 5) is 2.37. The maximum Gasteiger partial charge on any atom is 0.0468 e. The molecule has 0 bridgehead atoms. The molecule has 50 heavy (non-hydrogen) atoms. The fourth-order valence-corrected chi connectivity index (χ4v) is 7.20. The summed E-state index contributed by atoms with van der Waals surface area (Å²) < 4.78 is 0. The molecule has 0 saturated heterocycles. The van der Waals surface area contributed by atoms with Crippen LogP contribution in [-0.4, -0.2) is 0 Å². The molecule has 2 atom stereocenters. The molecule has 0 radical (unpaired) electrons. The summed E-state index contributed by atoms with van der Waals surface area (Å²) in [5.41, 5.74) is 12.4. The Morgan fingerprint density at radius 3 is 2.06 bits per heavy atom. The van der Waals surface area contributed by atoms with Gasteiger partial charge in [-0.25, -0.2) is 0 Å². The number of anilines is 3. The predicted molar refractivity (Wildman–Crippen MR) is 217 cm³/mol. The Kier molecular flexibility index (Phi) is 9.49. The second-order valence-corrected chi connectivity index (χ2v) is 13.8. The van der Waals surface area contributed by atoms with Crippen molar-refractivity contribution in [3.63, 3.8) is 0 Å². The molecule has 0 spiro atoms. The number of fused-ring (bicyclic) bond motifs is 1. The third kappa shape index (κ3) is 6.91. The molecule has 0 aromatic heterocycles. The zero-order valence-corrected chi connectivity index (χ0v) is 29.6. The van der Waals surface area contributed by atoms with Crippen molar-refractivity contribution in [3.8, 4) is 11.1 Å². The number of nitrogens with zero attached hydrogens (tertiary/aromatic N) is 1. The lowest BCUT2D eigenvalue weighted by Gasteiger charge is -2.36. The molecule has 0 heterocycles. The molecule has 1 aliphatic carbocycles. The van der Waals surface area contributed by atoms with E-state index in [4.69, 9.17) is 0 Å². The molecular weight excluding hydrogens is 603 g/mol. The van der Waals surface area contributed by atoms with Crippen LogP contribution in [-0.2, 0) is 0 Å². The van der Waals surface area contributed by atoms with Gasteiger partial charge in [-0.05, 0) is 118 Å². The second kappa shape index (κ2) is 14.4. The molecular formula is C49H45N. The Morgan fingerprint density at radius 1 is 0.660 bits per heavy atom. The Balaban J connectivity index is 1.17. The van der Waals surface area contributed by atoms with Gasteiger partial charge in [0.15, 0.2) is 0 Å². The molecule has 1 nitrogen and oxygen atoms in total. The largest absolute Gasteiger partial charge is 0.310 e. The third-order valence-corrected chi connectivity index (χ3v) is 10.4. The van der Waals surface area contributed by atoms with Crippen molar-refractivity contribution < 1.29 is 0 Å². The molecule has 0 aliphatic heterocycles. The van der Waals surface area contributed by atoms with Crippen molar-refractivity contribution in [2.75, 3.05) is 4.90 Å². The van der Waals surface area contributed by atoms with Gasteiger partial charge < -0.3 is 4.90 Å². The van der Waals surface area contributed by atoms with Crippen LogP contribution in [0.5, 0.6) is 0 Å². The van der Waals surface area contributed by atoms with E-state index < -0.39 is 0 Å². The summed E-state index contributed by atoms with van der Waals surface area (Å²) in [5.74, 6) is 0.380. The molecule has 246 valence electrons. The minimum absolute atomic E-state index is 0.0493. The first-order valence-corrected chi connectivity index (χ1v) is 17.7. The summed E-state index contributed by atoms with van der Waals surface area (Å²) in [6, 6.07) is 53.2. The van der Waals surface area contributed by atoms with Crippen molar-refractivity contribution in [3.05, 3.63) is 199 Å². The highest BCUT2D eigenvalue weighted by molar-refractivity contribution is 5.90. The number of rotatable bonds is 9. The summed E-state index contributed by atoms with van der Waals surface area (Å²) in [6.07, 6.45) is 14.3. The molecule has 0 saturated carbocycles. The minimum Gasteiger partial charge on any atom is -0.310 e. The van der Waals surface area contributed by atoms with Crippen molar-refractivity contribution >= 4 is 39.0 Å². The van der Waals surface area contributed by atoms with Crippen LogP contribution in [0.1, 0.15) is 56.7 Å². The second-order valence-electron chi connectivity index (χ2n) is 13.8. The van der Waals surface area contributed by atoms with Gasteiger partial charge in [0, 0.05) is 17.1 Å². The Labute approximate surface area is 298 Å². The molecule has 6 aromatic rings. The Bertz CT molecular complexity index is 2210. The van der Waals surface area contributed by atoms with Crippen LogP contribution in [0.15, 0.2) is 182 Å². The van der Waals surface area contributed by atoms with Gasteiger partial charge >= 0.3 is 0 Å². The van der Waals surface area contributed by atoms with E-state index in [1.54, 1.807) is 0 Å². The normalized spacial score (nSPS) is 16.8. The average Bonchev–Trinajstić information content (AvgIpc) is 3.17. The first-order chi connectivity index (χ1) is 24.4. The summed E-state index contributed by atoms with van der Waals surface area (Å²) in [6.45, 7) is 8.99. The molecule has 0 N–H and O–H groups in total. The quantitative estimate of drug-likeness (QED) is 0.141. The van der Waals surface area contributed by atoms with Crippen LogP contribution < -0.4 is 4.90 Å². The van der Waals surface area contributed by atoms with Crippen LogP contribution in [0.3, 0.4) is 0 Å². The van der Waals surface area contributed by atoms with Crippen molar-refractivity contribution in [1.29, 1.82) is 0 Å². The minimum atomic E-state index is 0.0493. The summed E-state index contributed by atoms with van der Waals surface area (Å²) in [7, 11) is 0. The highest BCUT2D eigenvalue weighted by Gasteiger charge is 2.32. The third-order valence-electron chi connectivity index (χ3n) is 10.4. The monoisotopic (exact) mass is 647 g/mol. The zero-order valence-electron chi connectivity index (χ0n) is 29.6. The van der Waals surface area contributed by atoms with Gasteiger partial charge in [0.25, 0.3) is 0 Å². The van der Waals surface area contributed by atoms with E-state index >= 15 is 0 Å². The fourth-order valence-electron chi connectivity index (χ4n) is 7.20. The standard InChI is InChI=1S/C49H45N/c1-5-6-14-36(2)43-19-12-21-47(33-43)50(48-31-28-40-17-10-11-18-44(40)34-48)46-29-26-42(27-30-46)41-24-22-38(23-25-41)37(3)49(4)32-13-20-45(35-49)39-15-8-7-9-16-39/h5-34,37H,35H2,1-4H3/b6-5-,36-14+. The molecule has 2 unspecified atom stereocenters. The first-order valence-electron chi connectivity index (χ1n) is 17.7. The fraction of sp³-hybridized carbons (Fsp3) is 0.143. The maximum absolute atomic E-state index is 2.40. The highest BCUT2D eigenvalue weighted by atomic mass is 15.1. The summed E-state index contributed by atoms with van der Waals surface area (Å²) >= 11 is 0. The van der Waals surface area contributed by atoms with E-state index in [-0.39, 0.29) is 5.41 Å². The number of hydrogen-bond donors (Lipinski definition) is 0. The van der Waals surface area contributed by atoms with Gasteiger partial charge in [-0.1, -0.05) is 159 Å². The predicted octanol–water partition coefficient (Wildman–Crippen LogP) is 14.1. The van der Waals surface area contributed by atoms with Crippen LogP contribution >= 0.6 is 0 Å². The Morgan fingerprint density at radius 2 is 1.32 bits per heavy atom. The van der Waals surface area contributed by atoms with Gasteiger partial charge in [-0.15, -0.1) is 0 Å². The van der Waals surface area contributed by atoms with Crippen LogP contribution in [0, 0.1) is 5.41 Å². The topological polar surface area (TPSA) is 3.24 Å². The first kappa shape index (κ1) is 32.9. The van der Waals surface area contributed by atoms with Crippen LogP contribution in [0.4, 0.5) is 17.1 Å². The molecule has 0 amide bonds. The molecule has 7 rings (SSSR count). The summed E-state index contributed by atoms with van der Waals surface area (Å²) in [5, 5.41) is 2.47. The lowest BCUT2D eigenvalue weighted by molar-refractivity contribution is 0.361. The van der Waals surface area contributed by atoms with Crippen LogP contribution in [0.2, 0.25) is 0 Å². The maximum atomic E-state index is 2.40. The van der Waals surface area contributed by atoms with E-state index in [2.05, 4.69) is 215 Å². The lowest BCUT2D eigenvalue weighted by atomic mass is 9.68. The molecule has 1 aliphatic rings. The van der Waals surface area contributed by atoms with Crippen molar-refractivity contribution in [2.24, 2.45) is 5.41 Å². The average molecular weight is 648 g/mol. The van der Waals surface area contributed by atoms with Crippen molar-refractivity contribution in [2.45, 2.75) is 40.0 Å². The number of hydrogen-bond acceptors (Lipinski definition) is 1. The van der Waals surface area contributed by atoms with E-state index in [0.29, 0.717) is 5.92 Å². The van der Waals surface area contributed by atoms with E-state index in [1.165, 1.54) is 49.7 Å². The van der Waals surface area contributed by atoms with Gasteiger partial charge in [0.05, 0.1) is 0 Å². The van der Waals surface area contributed by atoms with Gasteiger partial charge in [-0.2, -0.15) is 0 Å². The highest BCUT2D eigenvalue weighted by Crippen LogP contribution is 2.46. The van der Waals surface area contributed by atoms with E-state index in [0.717, 1.165) is 23.5 Å². The molecule has 0 fully saturated rings.